The number of benzene rings is 1. The van der Waals surface area contributed by atoms with Gasteiger partial charge >= 0.3 is 5.97 Å². The summed E-state index contributed by atoms with van der Waals surface area (Å²) in [6.45, 7) is 1.94. The Labute approximate surface area is 113 Å². The molecule has 1 rings (SSSR count). The van der Waals surface area contributed by atoms with Crippen LogP contribution in [0.3, 0.4) is 0 Å². The minimum Gasteiger partial charge on any atom is -0.478 e. The van der Waals surface area contributed by atoms with E-state index >= 15 is 0 Å². The predicted molar refractivity (Wildman–Crippen MR) is 72.6 cm³/mol. The molecule has 0 saturated heterocycles. The summed E-state index contributed by atoms with van der Waals surface area (Å²) in [5.74, 6) is -1.37. The van der Waals surface area contributed by atoms with Crippen LogP contribution in [0.25, 0.3) is 0 Å². The monoisotopic (exact) mass is 314 g/mol. The number of carbonyl (C=O) groups is 2. The van der Waals surface area contributed by atoms with Gasteiger partial charge in [0.25, 0.3) is 0 Å². The van der Waals surface area contributed by atoms with Crippen LogP contribution in [-0.2, 0) is 4.79 Å². The molecule has 1 amide bonds. The molecule has 1 aromatic rings. The summed E-state index contributed by atoms with van der Waals surface area (Å²) in [6.07, 6.45) is 1.41. The molecular weight excluding hydrogens is 300 g/mol. The molecule has 1 aromatic carbocycles. The predicted octanol–water partition coefficient (Wildman–Crippen LogP) is 2.21. The molecule has 1 atom stereocenters. The van der Waals surface area contributed by atoms with Crippen LogP contribution in [0.1, 0.15) is 30.1 Å². The normalized spacial score (nSPS) is 11.9. The Bertz CT molecular complexity index is 463. The summed E-state index contributed by atoms with van der Waals surface area (Å²) in [7, 11) is 0. The van der Waals surface area contributed by atoms with Crippen molar-refractivity contribution in [1.82, 2.24) is 0 Å². The smallest absolute Gasteiger partial charge is 0.336 e. The molecule has 18 heavy (non-hydrogen) atoms. The number of rotatable bonds is 5. The van der Waals surface area contributed by atoms with Crippen LogP contribution in [0.2, 0.25) is 0 Å². The Balaban J connectivity index is 2.82. The molecular formula is C12H15BrN2O3. The van der Waals surface area contributed by atoms with E-state index in [9.17, 15) is 9.59 Å². The summed E-state index contributed by atoms with van der Waals surface area (Å²) in [5.41, 5.74) is 6.18. The molecule has 0 spiro atoms. The number of carbonyl (C=O) groups excluding carboxylic acids is 1. The lowest BCUT2D eigenvalue weighted by Crippen LogP contribution is -2.35. The number of hydrogen-bond acceptors (Lipinski definition) is 3. The number of carboxylic acid groups (broad SMARTS) is 1. The van der Waals surface area contributed by atoms with Crippen molar-refractivity contribution in [2.75, 3.05) is 5.32 Å². The SMILES string of the molecule is CCC[C@@H](N)C(=O)Nc1ccc(Br)c(C(=O)O)c1. The van der Waals surface area contributed by atoms with Crippen LogP contribution in [0.15, 0.2) is 22.7 Å². The van der Waals surface area contributed by atoms with Crippen molar-refractivity contribution in [1.29, 1.82) is 0 Å². The number of nitrogens with two attached hydrogens (primary N) is 1. The fraction of sp³-hybridized carbons (Fsp3) is 0.333. The van der Waals surface area contributed by atoms with Crippen LogP contribution in [0.4, 0.5) is 5.69 Å². The minimum absolute atomic E-state index is 0.0943. The Hall–Kier alpha value is -1.40. The maximum atomic E-state index is 11.7. The van der Waals surface area contributed by atoms with Crippen molar-refractivity contribution >= 4 is 33.5 Å². The zero-order valence-corrected chi connectivity index (χ0v) is 11.5. The van der Waals surface area contributed by atoms with E-state index in [1.165, 1.54) is 6.07 Å². The fourth-order valence-corrected chi connectivity index (χ4v) is 1.86. The first-order valence-electron chi connectivity index (χ1n) is 5.55. The van der Waals surface area contributed by atoms with E-state index in [0.717, 1.165) is 6.42 Å². The van der Waals surface area contributed by atoms with Gasteiger partial charge in [-0.05, 0) is 40.5 Å². The van der Waals surface area contributed by atoms with Crippen LogP contribution in [-0.4, -0.2) is 23.0 Å². The fourth-order valence-electron chi connectivity index (χ4n) is 1.44. The second kappa shape index (κ2) is 6.51. The highest BCUT2D eigenvalue weighted by atomic mass is 79.9. The van der Waals surface area contributed by atoms with Gasteiger partial charge < -0.3 is 16.2 Å². The standard InChI is InChI=1S/C12H15BrN2O3/c1-2-3-10(14)11(16)15-7-4-5-9(13)8(6-7)12(17)18/h4-6,10H,2-3,14H2,1H3,(H,15,16)(H,17,18)/t10-/m1/s1. The highest BCUT2D eigenvalue weighted by Gasteiger charge is 2.14. The first kappa shape index (κ1) is 14.7. The second-order valence-corrected chi connectivity index (χ2v) is 4.74. The maximum absolute atomic E-state index is 11.7. The van der Waals surface area contributed by atoms with Gasteiger partial charge in [0, 0.05) is 10.2 Å². The van der Waals surface area contributed by atoms with Crippen molar-refractivity contribution in [2.45, 2.75) is 25.8 Å². The molecule has 98 valence electrons. The summed E-state index contributed by atoms with van der Waals surface area (Å²) in [5, 5.41) is 11.6. The third-order valence-electron chi connectivity index (χ3n) is 2.40. The minimum atomic E-state index is -1.06. The maximum Gasteiger partial charge on any atom is 0.336 e. The third kappa shape index (κ3) is 3.82. The average molecular weight is 315 g/mol. The quantitative estimate of drug-likeness (QED) is 0.777. The number of hydrogen-bond donors (Lipinski definition) is 3. The molecule has 5 nitrogen and oxygen atoms in total. The van der Waals surface area contributed by atoms with E-state index in [1.54, 1.807) is 12.1 Å². The van der Waals surface area contributed by atoms with Gasteiger partial charge in [0.2, 0.25) is 5.91 Å². The summed E-state index contributed by atoms with van der Waals surface area (Å²) < 4.78 is 0.464. The molecule has 0 fully saturated rings. The zero-order valence-electron chi connectivity index (χ0n) is 9.94. The first-order valence-corrected chi connectivity index (χ1v) is 6.34. The van der Waals surface area contributed by atoms with Crippen LogP contribution < -0.4 is 11.1 Å². The number of anilines is 1. The van der Waals surface area contributed by atoms with Crippen LogP contribution >= 0.6 is 15.9 Å². The highest BCUT2D eigenvalue weighted by molar-refractivity contribution is 9.10. The number of halogens is 1. The lowest BCUT2D eigenvalue weighted by atomic mass is 10.1. The van der Waals surface area contributed by atoms with Crippen molar-refractivity contribution in [3.05, 3.63) is 28.2 Å². The number of nitrogens with one attached hydrogen (secondary N) is 1. The van der Waals surface area contributed by atoms with E-state index in [4.69, 9.17) is 10.8 Å². The van der Waals surface area contributed by atoms with Crippen molar-refractivity contribution in [2.24, 2.45) is 5.73 Å². The molecule has 0 bridgehead atoms. The van der Waals surface area contributed by atoms with Gasteiger partial charge in [-0.15, -0.1) is 0 Å². The van der Waals surface area contributed by atoms with E-state index < -0.39 is 12.0 Å². The van der Waals surface area contributed by atoms with E-state index in [-0.39, 0.29) is 11.5 Å². The summed E-state index contributed by atoms with van der Waals surface area (Å²) >= 11 is 3.13. The number of amides is 1. The van der Waals surface area contributed by atoms with Crippen LogP contribution in [0.5, 0.6) is 0 Å². The molecule has 0 aliphatic rings. The van der Waals surface area contributed by atoms with Crippen molar-refractivity contribution in [3.63, 3.8) is 0 Å². The van der Waals surface area contributed by atoms with Gasteiger partial charge in [-0.2, -0.15) is 0 Å². The van der Waals surface area contributed by atoms with Gasteiger partial charge in [0.15, 0.2) is 0 Å². The van der Waals surface area contributed by atoms with Gasteiger partial charge in [0.05, 0.1) is 11.6 Å². The highest BCUT2D eigenvalue weighted by Crippen LogP contribution is 2.21. The Morgan fingerprint density at radius 2 is 2.17 bits per heavy atom. The molecule has 0 aliphatic carbocycles. The number of carboxylic acids is 1. The largest absolute Gasteiger partial charge is 0.478 e. The number of aromatic carboxylic acids is 1. The van der Waals surface area contributed by atoms with Crippen molar-refractivity contribution < 1.29 is 14.7 Å². The summed E-state index contributed by atoms with van der Waals surface area (Å²) in [4.78, 5) is 22.6. The van der Waals surface area contributed by atoms with E-state index in [0.29, 0.717) is 16.6 Å². The molecule has 0 heterocycles. The molecule has 0 aromatic heterocycles. The van der Waals surface area contributed by atoms with Gasteiger partial charge in [-0.1, -0.05) is 13.3 Å². The zero-order chi connectivity index (χ0) is 13.7. The Morgan fingerprint density at radius 3 is 2.72 bits per heavy atom. The lowest BCUT2D eigenvalue weighted by molar-refractivity contribution is -0.117. The van der Waals surface area contributed by atoms with Gasteiger partial charge in [-0.3, -0.25) is 4.79 Å². The lowest BCUT2D eigenvalue weighted by Gasteiger charge is -2.12. The van der Waals surface area contributed by atoms with Crippen molar-refractivity contribution in [3.8, 4) is 0 Å². The van der Waals surface area contributed by atoms with E-state index in [1.807, 2.05) is 6.92 Å². The first-order chi connectivity index (χ1) is 8.45. The van der Waals surface area contributed by atoms with Crippen LogP contribution in [0, 0.1) is 0 Å². The van der Waals surface area contributed by atoms with E-state index in [2.05, 4.69) is 21.2 Å². The average Bonchev–Trinajstić information content (AvgIpc) is 2.31. The Morgan fingerprint density at radius 1 is 1.50 bits per heavy atom. The second-order valence-electron chi connectivity index (χ2n) is 3.88. The molecule has 4 N–H and O–H groups in total. The topological polar surface area (TPSA) is 92.4 Å². The molecule has 0 aliphatic heterocycles. The molecule has 0 saturated carbocycles. The summed E-state index contributed by atoms with van der Waals surface area (Å²) in [6, 6.07) is 4.01. The molecule has 0 radical (unpaired) electrons. The third-order valence-corrected chi connectivity index (χ3v) is 3.09. The van der Waals surface area contributed by atoms with Gasteiger partial charge in [0.1, 0.15) is 0 Å². The molecule has 0 unspecified atom stereocenters. The van der Waals surface area contributed by atoms with Gasteiger partial charge in [-0.25, -0.2) is 4.79 Å². The Kier molecular flexibility index (Phi) is 5.30. The molecule has 6 heteroatoms.